The van der Waals surface area contributed by atoms with E-state index in [0.717, 1.165) is 30.7 Å². The normalized spacial score (nSPS) is 14.7. The molecule has 2 aromatic carbocycles. The van der Waals surface area contributed by atoms with Gasteiger partial charge in [0.1, 0.15) is 22.8 Å². The van der Waals surface area contributed by atoms with Gasteiger partial charge in [0.05, 0.1) is 12.0 Å². The minimum atomic E-state index is -0.110. The lowest BCUT2D eigenvalue weighted by Gasteiger charge is -2.26. The highest BCUT2D eigenvalue weighted by Crippen LogP contribution is 2.31. The van der Waals surface area contributed by atoms with Crippen molar-refractivity contribution in [3.63, 3.8) is 0 Å². The largest absolute Gasteiger partial charge is 0.508 e. The van der Waals surface area contributed by atoms with Crippen LogP contribution in [0.1, 0.15) is 44.6 Å². The summed E-state index contributed by atoms with van der Waals surface area (Å²) in [6.07, 6.45) is 6.45. The summed E-state index contributed by atoms with van der Waals surface area (Å²) in [5.74, 6) is 1.42. The monoisotopic (exact) mass is 421 g/mol. The Bertz CT molecular complexity index is 1080. The van der Waals surface area contributed by atoms with Gasteiger partial charge in [-0.3, -0.25) is 4.79 Å². The molecule has 3 aromatic rings. The van der Waals surface area contributed by atoms with E-state index >= 15 is 0 Å². The average molecular weight is 422 g/mol. The molecule has 31 heavy (non-hydrogen) atoms. The highest BCUT2D eigenvalue weighted by molar-refractivity contribution is 5.83. The summed E-state index contributed by atoms with van der Waals surface area (Å²) in [4.78, 5) is 15.2. The van der Waals surface area contributed by atoms with E-state index in [1.165, 1.54) is 38.4 Å². The number of benzene rings is 2. The van der Waals surface area contributed by atoms with Gasteiger partial charge in [0.25, 0.3) is 0 Å². The maximum atomic E-state index is 12.7. The van der Waals surface area contributed by atoms with Gasteiger partial charge in [-0.15, -0.1) is 0 Å². The number of piperidine rings is 1. The Hall–Kier alpha value is -2.79. The first kappa shape index (κ1) is 21.4. The van der Waals surface area contributed by atoms with Crippen LogP contribution in [0.2, 0.25) is 0 Å². The molecule has 0 atom stereocenters. The Morgan fingerprint density at radius 3 is 2.74 bits per heavy atom. The lowest BCUT2D eigenvalue weighted by molar-refractivity contribution is 0.205. The Kier molecular flexibility index (Phi) is 6.92. The van der Waals surface area contributed by atoms with Gasteiger partial charge in [-0.05, 0) is 63.0 Å². The molecule has 2 heterocycles. The van der Waals surface area contributed by atoms with Gasteiger partial charge in [0.15, 0.2) is 5.43 Å². The molecule has 1 aliphatic rings. The minimum Gasteiger partial charge on any atom is -0.508 e. The number of ether oxygens (including phenoxy) is 1. The zero-order valence-corrected chi connectivity index (χ0v) is 18.2. The number of likely N-dealkylation sites (tertiary alicyclic amines) is 1. The molecule has 1 N–H and O–H groups in total. The van der Waals surface area contributed by atoms with Crippen molar-refractivity contribution in [2.24, 2.45) is 0 Å². The molecule has 0 unspecified atom stereocenters. The van der Waals surface area contributed by atoms with Crippen molar-refractivity contribution in [3.8, 4) is 22.8 Å². The molecule has 5 heteroatoms. The molecule has 5 nitrogen and oxygen atoms in total. The molecule has 1 aromatic heterocycles. The molecular weight excluding hydrogens is 390 g/mol. The second-order valence-corrected chi connectivity index (χ2v) is 8.30. The predicted molar refractivity (Wildman–Crippen MR) is 124 cm³/mol. The fraction of sp³-hybridized carbons (Fsp3) is 0.423. The van der Waals surface area contributed by atoms with Crippen LogP contribution in [-0.4, -0.2) is 36.2 Å². The minimum absolute atomic E-state index is 0.110. The molecule has 0 amide bonds. The van der Waals surface area contributed by atoms with Crippen molar-refractivity contribution in [1.29, 1.82) is 0 Å². The summed E-state index contributed by atoms with van der Waals surface area (Å²) in [6, 6.07) is 12.4. The van der Waals surface area contributed by atoms with Crippen LogP contribution in [0, 0.1) is 0 Å². The van der Waals surface area contributed by atoms with Gasteiger partial charge in [-0.2, -0.15) is 0 Å². The summed E-state index contributed by atoms with van der Waals surface area (Å²) >= 11 is 0. The Balaban J connectivity index is 1.51. The highest BCUT2D eigenvalue weighted by Gasteiger charge is 2.14. The number of hydrogen-bond donors (Lipinski definition) is 1. The van der Waals surface area contributed by atoms with Gasteiger partial charge in [-0.25, -0.2) is 0 Å². The smallest absolute Gasteiger partial charge is 0.193 e. The standard InChI is InChI=1S/C26H31NO4/c1-2-8-21-23(28)12-11-22-24(29)18-25(31-26(21)22)19-9-6-10-20(17-19)30-16-7-15-27-13-4-3-5-14-27/h6,9-12,17-18,28H,2-5,7-8,13-16H2,1H3. The number of hydrogen-bond acceptors (Lipinski definition) is 5. The number of nitrogens with zero attached hydrogens (tertiary/aromatic N) is 1. The third-order valence-corrected chi connectivity index (χ3v) is 5.93. The van der Waals surface area contributed by atoms with Crippen LogP contribution in [0.4, 0.5) is 0 Å². The zero-order valence-electron chi connectivity index (χ0n) is 18.2. The second kappa shape index (κ2) is 10.0. The van der Waals surface area contributed by atoms with Crippen molar-refractivity contribution in [1.82, 2.24) is 4.90 Å². The second-order valence-electron chi connectivity index (χ2n) is 8.30. The molecule has 0 spiro atoms. The fourth-order valence-corrected chi connectivity index (χ4v) is 4.30. The Labute approximate surface area is 183 Å². The first-order valence-corrected chi connectivity index (χ1v) is 11.4. The molecule has 164 valence electrons. The summed E-state index contributed by atoms with van der Waals surface area (Å²) in [5.41, 5.74) is 1.83. The lowest BCUT2D eigenvalue weighted by atomic mass is 10.0. The number of phenols is 1. The number of aromatic hydroxyl groups is 1. The van der Waals surface area contributed by atoms with Crippen molar-refractivity contribution in [2.45, 2.75) is 45.4 Å². The van der Waals surface area contributed by atoms with Crippen molar-refractivity contribution in [3.05, 3.63) is 58.3 Å². The molecular formula is C26H31NO4. The summed E-state index contributed by atoms with van der Waals surface area (Å²) in [6.45, 7) is 6.17. The van der Waals surface area contributed by atoms with Crippen LogP contribution in [0.3, 0.4) is 0 Å². The maximum absolute atomic E-state index is 12.7. The molecule has 0 bridgehead atoms. The van der Waals surface area contributed by atoms with Gasteiger partial charge < -0.3 is 19.2 Å². The molecule has 0 saturated carbocycles. The van der Waals surface area contributed by atoms with Crippen LogP contribution in [0.25, 0.3) is 22.3 Å². The number of aryl methyl sites for hydroxylation is 1. The van der Waals surface area contributed by atoms with Crippen LogP contribution in [0.5, 0.6) is 11.5 Å². The summed E-state index contributed by atoms with van der Waals surface area (Å²) < 4.78 is 12.1. The van der Waals surface area contributed by atoms with Crippen molar-refractivity contribution in [2.75, 3.05) is 26.2 Å². The average Bonchev–Trinajstić information content (AvgIpc) is 2.79. The maximum Gasteiger partial charge on any atom is 0.193 e. The van der Waals surface area contributed by atoms with E-state index in [1.807, 2.05) is 31.2 Å². The quantitative estimate of drug-likeness (QED) is 0.495. The van der Waals surface area contributed by atoms with Gasteiger partial charge in [0, 0.05) is 23.7 Å². The van der Waals surface area contributed by atoms with E-state index in [2.05, 4.69) is 4.90 Å². The Morgan fingerprint density at radius 2 is 1.94 bits per heavy atom. The van der Waals surface area contributed by atoms with Crippen molar-refractivity contribution >= 4 is 11.0 Å². The van der Waals surface area contributed by atoms with E-state index in [4.69, 9.17) is 9.15 Å². The molecule has 1 saturated heterocycles. The topological polar surface area (TPSA) is 62.9 Å². The third kappa shape index (κ3) is 5.10. The zero-order chi connectivity index (χ0) is 21.6. The van der Waals surface area contributed by atoms with E-state index in [1.54, 1.807) is 12.1 Å². The first-order valence-electron chi connectivity index (χ1n) is 11.4. The van der Waals surface area contributed by atoms with E-state index in [-0.39, 0.29) is 11.2 Å². The molecule has 0 aliphatic carbocycles. The summed E-state index contributed by atoms with van der Waals surface area (Å²) in [7, 11) is 0. The van der Waals surface area contributed by atoms with Gasteiger partial charge >= 0.3 is 0 Å². The van der Waals surface area contributed by atoms with E-state index in [0.29, 0.717) is 35.3 Å². The fourth-order valence-electron chi connectivity index (χ4n) is 4.30. The molecule has 1 fully saturated rings. The number of phenolic OH excluding ortho intramolecular Hbond substituents is 1. The SMILES string of the molecule is CCCc1c(O)ccc2c(=O)cc(-c3cccc(OCCCN4CCCCC4)c3)oc12. The number of fused-ring (bicyclic) bond motifs is 1. The van der Waals surface area contributed by atoms with Crippen LogP contribution >= 0.6 is 0 Å². The molecule has 0 radical (unpaired) electrons. The highest BCUT2D eigenvalue weighted by atomic mass is 16.5. The van der Waals surface area contributed by atoms with E-state index in [9.17, 15) is 9.90 Å². The van der Waals surface area contributed by atoms with Crippen LogP contribution < -0.4 is 10.2 Å². The lowest BCUT2D eigenvalue weighted by Crippen LogP contribution is -2.31. The first-order chi connectivity index (χ1) is 15.2. The van der Waals surface area contributed by atoms with Crippen LogP contribution in [-0.2, 0) is 6.42 Å². The van der Waals surface area contributed by atoms with Gasteiger partial charge in [-0.1, -0.05) is 31.9 Å². The predicted octanol–water partition coefficient (Wildman–Crippen LogP) is 5.37. The van der Waals surface area contributed by atoms with Crippen molar-refractivity contribution < 1.29 is 14.3 Å². The van der Waals surface area contributed by atoms with Gasteiger partial charge in [0.2, 0.25) is 0 Å². The Morgan fingerprint density at radius 1 is 1.10 bits per heavy atom. The molecule has 4 rings (SSSR count). The number of rotatable bonds is 8. The van der Waals surface area contributed by atoms with E-state index < -0.39 is 0 Å². The van der Waals surface area contributed by atoms with Crippen LogP contribution in [0.15, 0.2) is 51.7 Å². The molecule has 1 aliphatic heterocycles. The summed E-state index contributed by atoms with van der Waals surface area (Å²) in [5, 5.41) is 10.8. The third-order valence-electron chi connectivity index (χ3n) is 5.93.